The number of ether oxygens (including phenoxy) is 1. The second kappa shape index (κ2) is 5.24. The maximum Gasteiger partial charge on any atom is 0.251 e. The molecule has 1 aromatic carbocycles. The number of nitrogens with zero attached hydrogens (tertiary/aromatic N) is 2. The maximum atomic E-state index is 14.0. The number of nitrogens with two attached hydrogens (primary N) is 1. The summed E-state index contributed by atoms with van der Waals surface area (Å²) < 4.78 is 21.2. The Hall–Kier alpha value is -2.89. The number of halogens is 1. The topological polar surface area (TPSA) is 69.6 Å². The monoisotopic (exact) mass is 285 g/mol. The number of aromatic nitrogens is 2. The van der Waals surface area contributed by atoms with Crippen molar-refractivity contribution in [2.75, 3.05) is 0 Å². The fourth-order valence-corrected chi connectivity index (χ4v) is 2.02. The lowest BCUT2D eigenvalue weighted by molar-refractivity contribution is 0.0995. The minimum atomic E-state index is -0.828. The summed E-state index contributed by atoms with van der Waals surface area (Å²) in [6.45, 7) is 0.0980. The van der Waals surface area contributed by atoms with Gasteiger partial charge in [-0.15, -0.1) is 0 Å². The zero-order chi connectivity index (χ0) is 14.8. The molecule has 0 unspecified atom stereocenters. The van der Waals surface area contributed by atoms with Crippen molar-refractivity contribution in [1.82, 2.24) is 9.38 Å². The normalized spacial score (nSPS) is 10.7. The van der Waals surface area contributed by atoms with Crippen molar-refractivity contribution in [2.24, 2.45) is 5.73 Å². The number of carbonyl (C=O) groups is 1. The molecule has 5 nitrogen and oxygen atoms in total. The molecule has 0 aliphatic rings. The Morgan fingerprint density at radius 3 is 2.90 bits per heavy atom. The van der Waals surface area contributed by atoms with E-state index in [9.17, 15) is 9.18 Å². The first kappa shape index (κ1) is 13.1. The number of fused-ring (bicyclic) bond motifs is 1. The molecule has 0 bridgehead atoms. The lowest BCUT2D eigenvalue weighted by Gasteiger charge is -2.07. The van der Waals surface area contributed by atoms with E-state index in [0.29, 0.717) is 5.69 Å². The number of carbonyl (C=O) groups excluding carboxylic acids is 1. The molecule has 2 heterocycles. The fraction of sp³-hybridized carbons (Fsp3) is 0.0667. The number of amides is 1. The number of imidazole rings is 1. The second-order valence-corrected chi connectivity index (χ2v) is 4.47. The summed E-state index contributed by atoms with van der Waals surface area (Å²) in [7, 11) is 0. The van der Waals surface area contributed by atoms with E-state index in [2.05, 4.69) is 4.98 Å². The SMILES string of the molecule is NC(=O)c1cccc(OCc2cn3ccccc3n2)c1F. The third-order valence-electron chi connectivity index (χ3n) is 3.02. The second-order valence-electron chi connectivity index (χ2n) is 4.47. The Morgan fingerprint density at radius 1 is 1.29 bits per heavy atom. The van der Waals surface area contributed by atoms with Crippen LogP contribution in [0.5, 0.6) is 5.75 Å². The van der Waals surface area contributed by atoms with Crippen LogP contribution >= 0.6 is 0 Å². The van der Waals surface area contributed by atoms with E-state index in [-0.39, 0.29) is 17.9 Å². The van der Waals surface area contributed by atoms with Crippen LogP contribution in [-0.2, 0) is 6.61 Å². The van der Waals surface area contributed by atoms with Gasteiger partial charge in [0.05, 0.1) is 11.3 Å². The fourth-order valence-electron chi connectivity index (χ4n) is 2.02. The van der Waals surface area contributed by atoms with Crippen LogP contribution in [0.3, 0.4) is 0 Å². The van der Waals surface area contributed by atoms with Gasteiger partial charge in [-0.1, -0.05) is 12.1 Å². The Kier molecular flexibility index (Phi) is 3.27. The highest BCUT2D eigenvalue weighted by molar-refractivity contribution is 5.93. The first-order chi connectivity index (χ1) is 10.1. The molecule has 3 rings (SSSR count). The van der Waals surface area contributed by atoms with Crippen LogP contribution < -0.4 is 10.5 Å². The Balaban J connectivity index is 1.81. The molecule has 3 aromatic rings. The number of rotatable bonds is 4. The molecule has 0 spiro atoms. The third kappa shape index (κ3) is 2.55. The molecular formula is C15H12FN3O2. The molecule has 106 valence electrons. The van der Waals surface area contributed by atoms with Crippen LogP contribution in [-0.4, -0.2) is 15.3 Å². The minimum Gasteiger partial charge on any atom is -0.484 e. The average Bonchev–Trinajstić information content (AvgIpc) is 2.88. The standard InChI is InChI=1S/C15H12FN3O2/c16-14-11(15(17)20)4-3-5-12(14)21-9-10-8-19-7-2-1-6-13(19)18-10/h1-8H,9H2,(H2,17,20). The van der Waals surface area contributed by atoms with Crippen LogP contribution in [0.25, 0.3) is 5.65 Å². The van der Waals surface area contributed by atoms with Crippen LogP contribution in [0.4, 0.5) is 4.39 Å². The molecule has 1 amide bonds. The van der Waals surface area contributed by atoms with Crippen molar-refractivity contribution in [2.45, 2.75) is 6.61 Å². The van der Waals surface area contributed by atoms with Crippen LogP contribution in [0.15, 0.2) is 48.8 Å². The van der Waals surface area contributed by atoms with E-state index < -0.39 is 11.7 Å². The van der Waals surface area contributed by atoms with E-state index in [1.54, 1.807) is 6.20 Å². The molecule has 0 fully saturated rings. The number of benzene rings is 1. The predicted molar refractivity (Wildman–Crippen MR) is 74.4 cm³/mol. The summed E-state index contributed by atoms with van der Waals surface area (Å²) in [4.78, 5) is 15.4. The van der Waals surface area contributed by atoms with Crippen LogP contribution in [0, 0.1) is 5.82 Å². The van der Waals surface area contributed by atoms with Gasteiger partial charge in [0.2, 0.25) is 0 Å². The van der Waals surface area contributed by atoms with Gasteiger partial charge in [-0.05, 0) is 24.3 Å². The molecule has 0 aliphatic carbocycles. The molecule has 21 heavy (non-hydrogen) atoms. The van der Waals surface area contributed by atoms with Crippen molar-refractivity contribution in [3.63, 3.8) is 0 Å². The Labute approximate surface area is 119 Å². The summed E-state index contributed by atoms with van der Waals surface area (Å²) in [5.74, 6) is -1.61. The van der Waals surface area contributed by atoms with E-state index in [1.165, 1.54) is 18.2 Å². The quantitative estimate of drug-likeness (QED) is 0.798. The highest BCUT2D eigenvalue weighted by Crippen LogP contribution is 2.21. The van der Waals surface area contributed by atoms with Gasteiger partial charge in [0.25, 0.3) is 5.91 Å². The molecule has 0 atom stereocenters. The lowest BCUT2D eigenvalue weighted by atomic mass is 10.2. The molecule has 0 saturated heterocycles. The van der Waals surface area contributed by atoms with Gasteiger partial charge in [-0.25, -0.2) is 9.37 Å². The number of pyridine rings is 1. The zero-order valence-electron chi connectivity index (χ0n) is 11.0. The predicted octanol–water partition coefficient (Wildman–Crippen LogP) is 2.15. The zero-order valence-corrected chi connectivity index (χ0v) is 11.0. The van der Waals surface area contributed by atoms with Gasteiger partial charge in [0.1, 0.15) is 12.3 Å². The molecule has 0 aliphatic heterocycles. The summed E-state index contributed by atoms with van der Waals surface area (Å²) in [6, 6.07) is 9.89. The maximum absolute atomic E-state index is 14.0. The smallest absolute Gasteiger partial charge is 0.251 e. The van der Waals surface area contributed by atoms with Crippen molar-refractivity contribution in [3.8, 4) is 5.75 Å². The van der Waals surface area contributed by atoms with E-state index in [0.717, 1.165) is 5.65 Å². The molecule has 2 N–H and O–H groups in total. The van der Waals surface area contributed by atoms with Crippen molar-refractivity contribution in [1.29, 1.82) is 0 Å². The first-order valence-electron chi connectivity index (χ1n) is 6.29. The summed E-state index contributed by atoms with van der Waals surface area (Å²) in [5, 5.41) is 0. The molecular weight excluding hydrogens is 273 g/mol. The van der Waals surface area contributed by atoms with Crippen LogP contribution in [0.1, 0.15) is 16.1 Å². The van der Waals surface area contributed by atoms with Gasteiger partial charge in [-0.3, -0.25) is 4.79 Å². The number of primary amides is 1. The lowest BCUT2D eigenvalue weighted by Crippen LogP contribution is -2.13. The summed E-state index contributed by atoms with van der Waals surface area (Å²) in [6.07, 6.45) is 3.66. The summed E-state index contributed by atoms with van der Waals surface area (Å²) >= 11 is 0. The van der Waals surface area contributed by atoms with Gasteiger partial charge < -0.3 is 14.9 Å². The Bertz CT molecular complexity index is 781. The minimum absolute atomic E-state index is 0.0247. The number of hydrogen-bond donors (Lipinski definition) is 1. The largest absolute Gasteiger partial charge is 0.484 e. The first-order valence-corrected chi connectivity index (χ1v) is 6.29. The van der Waals surface area contributed by atoms with E-state index in [4.69, 9.17) is 10.5 Å². The molecule has 0 saturated carbocycles. The molecule has 0 radical (unpaired) electrons. The third-order valence-corrected chi connectivity index (χ3v) is 3.02. The molecule has 6 heteroatoms. The highest BCUT2D eigenvalue weighted by atomic mass is 19.1. The van der Waals surface area contributed by atoms with Crippen molar-refractivity contribution in [3.05, 3.63) is 65.9 Å². The van der Waals surface area contributed by atoms with Crippen molar-refractivity contribution < 1.29 is 13.9 Å². The van der Waals surface area contributed by atoms with Gasteiger partial charge in [0.15, 0.2) is 11.6 Å². The van der Waals surface area contributed by atoms with Crippen molar-refractivity contribution >= 4 is 11.6 Å². The van der Waals surface area contributed by atoms with E-state index in [1.807, 2.05) is 28.8 Å². The molecule has 2 aromatic heterocycles. The van der Waals surface area contributed by atoms with Gasteiger partial charge in [0, 0.05) is 12.4 Å². The highest BCUT2D eigenvalue weighted by Gasteiger charge is 2.13. The van der Waals surface area contributed by atoms with E-state index >= 15 is 0 Å². The summed E-state index contributed by atoms with van der Waals surface area (Å²) in [5.41, 5.74) is 6.34. The van der Waals surface area contributed by atoms with Gasteiger partial charge in [-0.2, -0.15) is 0 Å². The average molecular weight is 285 g/mol. The number of hydrogen-bond acceptors (Lipinski definition) is 3. The van der Waals surface area contributed by atoms with Gasteiger partial charge >= 0.3 is 0 Å². The Morgan fingerprint density at radius 2 is 2.14 bits per heavy atom. The van der Waals surface area contributed by atoms with Crippen LogP contribution in [0.2, 0.25) is 0 Å².